The van der Waals surface area contributed by atoms with Gasteiger partial charge in [0.2, 0.25) is 0 Å². The van der Waals surface area contributed by atoms with Crippen molar-refractivity contribution in [3.05, 3.63) is 20.8 Å². The number of carbonyl (C=O) groups is 2. The molecule has 1 rings (SSSR count). The largest absolute Gasteiger partial charge is 0.480 e. The zero-order valence-electron chi connectivity index (χ0n) is 8.14. The normalized spacial score (nSPS) is 12.1. The summed E-state index contributed by atoms with van der Waals surface area (Å²) < 4.78 is 0.798. The first-order valence-corrected chi connectivity index (χ1v) is 6.05. The van der Waals surface area contributed by atoms with Crippen LogP contribution < -0.4 is 5.32 Å². The third-order valence-corrected chi connectivity index (χ3v) is 3.44. The fraction of sp³-hybridized carbons (Fsp3) is 0.333. The molecule has 1 amide bonds. The molecule has 0 saturated carbocycles. The van der Waals surface area contributed by atoms with Gasteiger partial charge in [0.15, 0.2) is 0 Å². The second-order valence-corrected chi connectivity index (χ2v) is 5.44. The molecule has 1 aromatic heterocycles. The molecule has 0 aliphatic carbocycles. The van der Waals surface area contributed by atoms with Crippen molar-refractivity contribution in [3.8, 4) is 0 Å². The second kappa shape index (κ2) is 5.97. The van der Waals surface area contributed by atoms with Crippen LogP contribution in [-0.2, 0) is 4.79 Å². The summed E-state index contributed by atoms with van der Waals surface area (Å²) in [5, 5.41) is 19.8. The van der Waals surface area contributed by atoms with E-state index in [0.29, 0.717) is 4.88 Å². The number of thiophene rings is 1. The minimum Gasteiger partial charge on any atom is -0.480 e. The van der Waals surface area contributed by atoms with E-state index in [4.69, 9.17) is 10.2 Å². The number of hydrogen-bond donors (Lipinski definition) is 3. The van der Waals surface area contributed by atoms with Gasteiger partial charge in [-0.15, -0.1) is 11.3 Å². The molecule has 0 spiro atoms. The predicted octanol–water partition coefficient (Wildman–Crippen LogP) is 1.08. The smallest absolute Gasteiger partial charge is 0.326 e. The molecule has 7 heteroatoms. The first-order chi connectivity index (χ1) is 7.54. The number of aliphatic hydroxyl groups is 1. The highest BCUT2D eigenvalue weighted by Gasteiger charge is 2.20. The van der Waals surface area contributed by atoms with E-state index < -0.39 is 17.9 Å². The van der Waals surface area contributed by atoms with Gasteiger partial charge >= 0.3 is 5.97 Å². The Kier molecular flexibility index (Phi) is 4.91. The minimum atomic E-state index is -1.15. The van der Waals surface area contributed by atoms with Gasteiger partial charge in [0.1, 0.15) is 6.04 Å². The van der Waals surface area contributed by atoms with Crippen molar-refractivity contribution in [3.63, 3.8) is 0 Å². The van der Waals surface area contributed by atoms with Crippen molar-refractivity contribution < 1.29 is 19.8 Å². The van der Waals surface area contributed by atoms with Gasteiger partial charge in [-0.2, -0.15) is 0 Å². The maximum atomic E-state index is 11.6. The van der Waals surface area contributed by atoms with Crippen LogP contribution in [0.2, 0.25) is 0 Å². The van der Waals surface area contributed by atoms with Gasteiger partial charge < -0.3 is 15.5 Å². The van der Waals surface area contributed by atoms with Gasteiger partial charge in [-0.05, 0) is 28.1 Å². The molecule has 0 unspecified atom stereocenters. The Bertz CT molecular complexity index is 393. The number of carbonyl (C=O) groups excluding carboxylic acids is 1. The van der Waals surface area contributed by atoms with E-state index in [2.05, 4.69) is 21.2 Å². The number of aliphatic carboxylic acids is 1. The van der Waals surface area contributed by atoms with E-state index in [0.717, 1.165) is 3.79 Å². The van der Waals surface area contributed by atoms with Gasteiger partial charge in [0.05, 0.1) is 8.66 Å². The fourth-order valence-corrected chi connectivity index (χ4v) is 2.34. The highest BCUT2D eigenvalue weighted by atomic mass is 79.9. The maximum Gasteiger partial charge on any atom is 0.326 e. The number of aliphatic hydroxyl groups excluding tert-OH is 1. The third-order valence-electron chi connectivity index (χ3n) is 1.82. The van der Waals surface area contributed by atoms with Crippen molar-refractivity contribution in [2.24, 2.45) is 0 Å². The summed E-state index contributed by atoms with van der Waals surface area (Å²) >= 11 is 4.43. The van der Waals surface area contributed by atoms with E-state index in [-0.39, 0.29) is 13.0 Å². The Hall–Kier alpha value is -0.920. The number of carboxylic acids is 1. The molecule has 0 aliphatic heterocycles. The summed E-state index contributed by atoms with van der Waals surface area (Å²) in [6, 6.07) is 2.25. The highest BCUT2D eigenvalue weighted by Crippen LogP contribution is 2.21. The van der Waals surface area contributed by atoms with Crippen LogP contribution >= 0.6 is 27.3 Å². The molecule has 16 heavy (non-hydrogen) atoms. The molecule has 0 aromatic carbocycles. The molecule has 5 nitrogen and oxygen atoms in total. The van der Waals surface area contributed by atoms with Crippen molar-refractivity contribution in [2.45, 2.75) is 12.5 Å². The van der Waals surface area contributed by atoms with E-state index in [1.165, 1.54) is 11.3 Å². The molecule has 0 radical (unpaired) electrons. The summed E-state index contributed by atoms with van der Waals surface area (Å²) in [5.41, 5.74) is 0. The predicted molar refractivity (Wildman–Crippen MR) is 62.6 cm³/mol. The van der Waals surface area contributed by atoms with Gasteiger partial charge in [-0.25, -0.2) is 4.79 Å². The summed E-state index contributed by atoms with van der Waals surface area (Å²) in [6.45, 7) is -0.286. The van der Waals surface area contributed by atoms with Crippen molar-refractivity contribution >= 4 is 39.1 Å². The first-order valence-electron chi connectivity index (χ1n) is 4.44. The average Bonchev–Trinajstić information content (AvgIpc) is 2.64. The van der Waals surface area contributed by atoms with Gasteiger partial charge in [-0.1, -0.05) is 0 Å². The number of amides is 1. The number of halogens is 1. The number of rotatable bonds is 5. The number of carboxylic acid groups (broad SMARTS) is 1. The van der Waals surface area contributed by atoms with Crippen LogP contribution in [0.1, 0.15) is 16.1 Å². The van der Waals surface area contributed by atoms with E-state index in [1.807, 2.05) is 0 Å². The average molecular weight is 308 g/mol. The molecule has 3 N–H and O–H groups in total. The van der Waals surface area contributed by atoms with Crippen LogP contribution in [0.5, 0.6) is 0 Å². The van der Waals surface area contributed by atoms with Crippen molar-refractivity contribution in [1.82, 2.24) is 5.32 Å². The lowest BCUT2D eigenvalue weighted by atomic mass is 10.2. The van der Waals surface area contributed by atoms with Crippen LogP contribution in [0.4, 0.5) is 0 Å². The highest BCUT2D eigenvalue weighted by molar-refractivity contribution is 9.11. The molecule has 88 valence electrons. The van der Waals surface area contributed by atoms with Crippen LogP contribution in [0.15, 0.2) is 15.9 Å². The lowest BCUT2D eigenvalue weighted by Gasteiger charge is -2.11. The summed E-state index contributed by atoms with van der Waals surface area (Å²) in [6.07, 6.45) is -0.00633. The van der Waals surface area contributed by atoms with E-state index >= 15 is 0 Å². The molecular formula is C9H10BrNO4S. The quantitative estimate of drug-likeness (QED) is 0.759. The molecular weight excluding hydrogens is 298 g/mol. The molecule has 0 bridgehead atoms. The zero-order valence-corrected chi connectivity index (χ0v) is 10.5. The molecule has 1 heterocycles. The monoisotopic (exact) mass is 307 g/mol. The molecule has 1 aromatic rings. The molecule has 0 aliphatic rings. The molecule has 1 atom stereocenters. The van der Waals surface area contributed by atoms with Gasteiger partial charge in [0, 0.05) is 13.0 Å². The summed E-state index contributed by atoms with van der Waals surface area (Å²) in [5.74, 6) is -1.60. The Morgan fingerprint density at radius 2 is 2.19 bits per heavy atom. The first kappa shape index (κ1) is 13.1. The van der Waals surface area contributed by atoms with Gasteiger partial charge in [-0.3, -0.25) is 4.79 Å². The summed E-state index contributed by atoms with van der Waals surface area (Å²) in [4.78, 5) is 22.7. The number of hydrogen-bond acceptors (Lipinski definition) is 4. The lowest BCUT2D eigenvalue weighted by Crippen LogP contribution is -2.41. The third kappa shape index (κ3) is 3.58. The standard InChI is InChI=1S/C9H10BrNO4S/c10-7-2-1-6(16-7)8(13)11-5(3-4-12)9(14)15/h1-2,5,12H,3-4H2,(H,11,13)(H,14,15)/t5-/m1/s1. The van der Waals surface area contributed by atoms with E-state index in [9.17, 15) is 9.59 Å². The minimum absolute atomic E-state index is 0.00633. The topological polar surface area (TPSA) is 86.6 Å². The van der Waals surface area contributed by atoms with Crippen molar-refractivity contribution in [2.75, 3.05) is 6.61 Å². The van der Waals surface area contributed by atoms with Gasteiger partial charge in [0.25, 0.3) is 5.91 Å². The Morgan fingerprint density at radius 1 is 1.50 bits per heavy atom. The Morgan fingerprint density at radius 3 is 2.62 bits per heavy atom. The van der Waals surface area contributed by atoms with Crippen molar-refractivity contribution in [1.29, 1.82) is 0 Å². The summed E-state index contributed by atoms with van der Waals surface area (Å²) in [7, 11) is 0. The van der Waals surface area contributed by atoms with Crippen LogP contribution in [0, 0.1) is 0 Å². The van der Waals surface area contributed by atoms with Crippen LogP contribution in [-0.4, -0.2) is 34.7 Å². The lowest BCUT2D eigenvalue weighted by molar-refractivity contribution is -0.139. The van der Waals surface area contributed by atoms with Crippen LogP contribution in [0.25, 0.3) is 0 Å². The fourth-order valence-electron chi connectivity index (χ4n) is 1.05. The zero-order chi connectivity index (χ0) is 12.1. The molecule has 0 saturated heterocycles. The number of nitrogens with one attached hydrogen (secondary N) is 1. The van der Waals surface area contributed by atoms with Crippen LogP contribution in [0.3, 0.4) is 0 Å². The Labute approximate surface area is 104 Å². The molecule has 0 fully saturated rings. The van der Waals surface area contributed by atoms with E-state index in [1.54, 1.807) is 12.1 Å². The SMILES string of the molecule is O=C(N[C@H](CCO)C(=O)O)c1ccc(Br)s1. The Balaban J connectivity index is 2.65. The maximum absolute atomic E-state index is 11.6. The second-order valence-electron chi connectivity index (χ2n) is 2.98.